The summed E-state index contributed by atoms with van der Waals surface area (Å²) < 4.78 is 0.962. The Bertz CT molecular complexity index is 321. The molecule has 0 aliphatic heterocycles. The first-order valence-electron chi connectivity index (χ1n) is 3.82. The van der Waals surface area contributed by atoms with E-state index >= 15 is 0 Å². The number of hydrogen-bond acceptors (Lipinski definition) is 2. The Morgan fingerprint density at radius 2 is 2.46 bits per heavy atom. The molecule has 0 aliphatic carbocycles. The van der Waals surface area contributed by atoms with Gasteiger partial charge in [0.15, 0.2) is 0 Å². The second-order valence-electron chi connectivity index (χ2n) is 2.60. The lowest BCUT2D eigenvalue weighted by Gasteiger charge is -2.06. The molecule has 0 aliphatic rings. The summed E-state index contributed by atoms with van der Waals surface area (Å²) in [6.07, 6.45) is 1.69. The van der Waals surface area contributed by atoms with Crippen molar-refractivity contribution in [1.29, 1.82) is 0 Å². The van der Waals surface area contributed by atoms with Crippen molar-refractivity contribution in [3.05, 3.63) is 33.5 Å². The highest BCUT2D eigenvalue weighted by Crippen LogP contribution is 2.21. The van der Waals surface area contributed by atoms with Gasteiger partial charge in [-0.15, -0.1) is 17.9 Å². The molecule has 1 aromatic rings. The van der Waals surface area contributed by atoms with E-state index in [9.17, 15) is 4.79 Å². The summed E-state index contributed by atoms with van der Waals surface area (Å²) in [5.41, 5.74) is 0. The summed E-state index contributed by atoms with van der Waals surface area (Å²) in [6, 6.07) is 3.66. The third kappa shape index (κ3) is 2.97. The average Bonchev–Trinajstić information content (AvgIpc) is 2.51. The van der Waals surface area contributed by atoms with E-state index in [1.54, 1.807) is 12.1 Å². The zero-order valence-corrected chi connectivity index (χ0v) is 9.61. The molecule has 1 aromatic heterocycles. The van der Waals surface area contributed by atoms with Crippen LogP contribution < -0.4 is 5.32 Å². The first kappa shape index (κ1) is 10.5. The molecular weight excluding hydrogens is 250 g/mol. The lowest BCUT2D eigenvalue weighted by molar-refractivity contribution is 0.0951. The summed E-state index contributed by atoms with van der Waals surface area (Å²) in [6.45, 7) is 5.47. The zero-order valence-electron chi connectivity index (χ0n) is 7.21. The van der Waals surface area contributed by atoms with E-state index in [2.05, 4.69) is 27.8 Å². The average molecular weight is 260 g/mol. The van der Waals surface area contributed by atoms with Crippen molar-refractivity contribution in [2.24, 2.45) is 0 Å². The Hall–Kier alpha value is -0.610. The van der Waals surface area contributed by atoms with E-state index in [-0.39, 0.29) is 11.9 Å². The number of rotatable bonds is 3. The molecule has 0 saturated carbocycles. The number of carbonyl (C=O) groups excluding carboxylic acids is 1. The second kappa shape index (κ2) is 4.58. The highest BCUT2D eigenvalue weighted by Gasteiger charge is 2.09. The van der Waals surface area contributed by atoms with Gasteiger partial charge in [0.25, 0.3) is 5.91 Å². The molecule has 4 heteroatoms. The van der Waals surface area contributed by atoms with Crippen molar-refractivity contribution in [2.75, 3.05) is 0 Å². The molecule has 0 bridgehead atoms. The van der Waals surface area contributed by atoms with Gasteiger partial charge < -0.3 is 5.32 Å². The number of carbonyl (C=O) groups is 1. The van der Waals surface area contributed by atoms with Crippen LogP contribution in [0, 0.1) is 0 Å². The quantitative estimate of drug-likeness (QED) is 0.832. The first-order chi connectivity index (χ1) is 6.13. The standard InChI is InChI=1S/C9H10BrNOS/c1-3-6(2)11-9(12)7-4-5-8(10)13-7/h3-6H,1H2,2H3,(H,11,12). The Kier molecular flexibility index (Phi) is 3.69. The normalized spacial score (nSPS) is 12.2. The van der Waals surface area contributed by atoms with E-state index in [0.717, 1.165) is 3.79 Å². The third-order valence-electron chi connectivity index (χ3n) is 1.51. The van der Waals surface area contributed by atoms with Crippen molar-refractivity contribution in [3.63, 3.8) is 0 Å². The van der Waals surface area contributed by atoms with Crippen LogP contribution in [0.1, 0.15) is 16.6 Å². The summed E-state index contributed by atoms with van der Waals surface area (Å²) in [5.74, 6) is -0.0527. The van der Waals surface area contributed by atoms with E-state index in [0.29, 0.717) is 4.88 Å². The number of halogens is 1. The van der Waals surface area contributed by atoms with Crippen molar-refractivity contribution < 1.29 is 4.79 Å². The molecule has 0 spiro atoms. The van der Waals surface area contributed by atoms with E-state index in [4.69, 9.17) is 0 Å². The molecular formula is C9H10BrNOS. The summed E-state index contributed by atoms with van der Waals surface area (Å²) in [7, 11) is 0. The molecule has 1 N–H and O–H groups in total. The molecule has 0 radical (unpaired) electrons. The Morgan fingerprint density at radius 3 is 2.92 bits per heavy atom. The van der Waals surface area contributed by atoms with Crippen molar-refractivity contribution in [3.8, 4) is 0 Å². The fourth-order valence-corrected chi connectivity index (χ4v) is 2.06. The van der Waals surface area contributed by atoms with Gasteiger partial charge in [-0.05, 0) is 35.0 Å². The molecule has 1 amide bonds. The topological polar surface area (TPSA) is 29.1 Å². The smallest absolute Gasteiger partial charge is 0.261 e. The third-order valence-corrected chi connectivity index (χ3v) is 3.13. The van der Waals surface area contributed by atoms with Crippen LogP contribution in [0.15, 0.2) is 28.6 Å². The summed E-state index contributed by atoms with van der Waals surface area (Å²) >= 11 is 4.72. The Morgan fingerprint density at radius 1 is 1.77 bits per heavy atom. The zero-order chi connectivity index (χ0) is 9.84. The molecule has 1 unspecified atom stereocenters. The summed E-state index contributed by atoms with van der Waals surface area (Å²) in [5, 5.41) is 2.79. The first-order valence-corrected chi connectivity index (χ1v) is 5.43. The molecule has 70 valence electrons. The van der Waals surface area contributed by atoms with E-state index in [1.165, 1.54) is 11.3 Å². The highest BCUT2D eigenvalue weighted by molar-refractivity contribution is 9.11. The number of thiophene rings is 1. The van der Waals surface area contributed by atoms with Crippen molar-refractivity contribution in [2.45, 2.75) is 13.0 Å². The molecule has 0 aromatic carbocycles. The van der Waals surface area contributed by atoms with Gasteiger partial charge in [0.1, 0.15) is 0 Å². The van der Waals surface area contributed by atoms with E-state index in [1.807, 2.05) is 13.0 Å². The predicted molar refractivity (Wildman–Crippen MR) is 59.1 cm³/mol. The maximum atomic E-state index is 11.5. The Labute approximate surface area is 89.8 Å². The lowest BCUT2D eigenvalue weighted by atomic mass is 10.3. The Balaban J connectivity index is 2.63. The number of hydrogen-bond donors (Lipinski definition) is 1. The van der Waals surface area contributed by atoms with Gasteiger partial charge >= 0.3 is 0 Å². The van der Waals surface area contributed by atoms with Crippen LogP contribution in [0.25, 0.3) is 0 Å². The van der Waals surface area contributed by atoms with Gasteiger partial charge in [-0.1, -0.05) is 6.08 Å². The fraction of sp³-hybridized carbons (Fsp3) is 0.222. The number of amides is 1. The molecule has 0 saturated heterocycles. The minimum Gasteiger partial charge on any atom is -0.345 e. The fourth-order valence-electron chi connectivity index (χ4n) is 0.773. The lowest BCUT2D eigenvalue weighted by Crippen LogP contribution is -2.30. The van der Waals surface area contributed by atoms with Crippen LogP contribution in [0.4, 0.5) is 0 Å². The van der Waals surface area contributed by atoms with Crippen molar-refractivity contribution in [1.82, 2.24) is 5.32 Å². The largest absolute Gasteiger partial charge is 0.345 e. The SMILES string of the molecule is C=CC(C)NC(=O)c1ccc(Br)s1. The molecule has 1 heterocycles. The van der Waals surface area contributed by atoms with Crippen LogP contribution in [0.5, 0.6) is 0 Å². The maximum Gasteiger partial charge on any atom is 0.261 e. The number of nitrogens with one attached hydrogen (secondary N) is 1. The van der Waals surface area contributed by atoms with Gasteiger partial charge in [0.05, 0.1) is 8.66 Å². The van der Waals surface area contributed by atoms with Gasteiger partial charge in [-0.3, -0.25) is 4.79 Å². The molecule has 1 rings (SSSR count). The van der Waals surface area contributed by atoms with Gasteiger partial charge in [0.2, 0.25) is 0 Å². The van der Waals surface area contributed by atoms with Gasteiger partial charge in [-0.2, -0.15) is 0 Å². The molecule has 0 fully saturated rings. The van der Waals surface area contributed by atoms with Crippen LogP contribution >= 0.6 is 27.3 Å². The summed E-state index contributed by atoms with van der Waals surface area (Å²) in [4.78, 5) is 12.2. The molecule has 2 nitrogen and oxygen atoms in total. The van der Waals surface area contributed by atoms with Crippen LogP contribution in [-0.2, 0) is 0 Å². The van der Waals surface area contributed by atoms with Gasteiger partial charge in [0, 0.05) is 6.04 Å². The monoisotopic (exact) mass is 259 g/mol. The van der Waals surface area contributed by atoms with Crippen LogP contribution in [0.3, 0.4) is 0 Å². The predicted octanol–water partition coefficient (Wildman–Crippen LogP) is 2.81. The van der Waals surface area contributed by atoms with Crippen LogP contribution in [-0.4, -0.2) is 11.9 Å². The van der Waals surface area contributed by atoms with E-state index < -0.39 is 0 Å². The minimum absolute atomic E-state index is 0.00776. The molecule has 1 atom stereocenters. The molecule has 13 heavy (non-hydrogen) atoms. The van der Waals surface area contributed by atoms with Crippen LogP contribution in [0.2, 0.25) is 0 Å². The second-order valence-corrected chi connectivity index (χ2v) is 5.06. The van der Waals surface area contributed by atoms with Crippen molar-refractivity contribution >= 4 is 33.2 Å². The highest BCUT2D eigenvalue weighted by atomic mass is 79.9. The van der Waals surface area contributed by atoms with Gasteiger partial charge in [-0.25, -0.2) is 0 Å². The maximum absolute atomic E-state index is 11.5. The minimum atomic E-state index is -0.0527.